The van der Waals surface area contributed by atoms with Gasteiger partial charge in [0.2, 0.25) is 5.91 Å². The zero-order chi connectivity index (χ0) is 12.8. The lowest BCUT2D eigenvalue weighted by atomic mass is 9.82. The summed E-state index contributed by atoms with van der Waals surface area (Å²) in [6.07, 6.45) is 8.20. The molecule has 0 aromatic rings. The Morgan fingerprint density at radius 3 is 2.28 bits per heavy atom. The highest BCUT2D eigenvalue weighted by Gasteiger charge is 2.58. The SMILES string of the molecule is O=C(C[C@@H]1CC1(F)F)NC1(C2CCCCC2)CC1. The highest BCUT2D eigenvalue weighted by molar-refractivity contribution is 5.78. The van der Waals surface area contributed by atoms with Gasteiger partial charge in [-0.3, -0.25) is 4.79 Å². The van der Waals surface area contributed by atoms with Crippen molar-refractivity contribution in [2.24, 2.45) is 11.8 Å². The Kier molecular flexibility index (Phi) is 2.87. The molecule has 2 nitrogen and oxygen atoms in total. The van der Waals surface area contributed by atoms with E-state index in [9.17, 15) is 13.6 Å². The third-order valence-corrected chi connectivity index (χ3v) is 4.95. The molecular formula is C14H21F2NO. The third-order valence-electron chi connectivity index (χ3n) is 4.95. The van der Waals surface area contributed by atoms with E-state index in [0.717, 1.165) is 12.8 Å². The number of amides is 1. The van der Waals surface area contributed by atoms with Gasteiger partial charge in [0.25, 0.3) is 5.92 Å². The molecule has 3 aliphatic carbocycles. The normalized spacial score (nSPS) is 32.9. The second-order valence-corrected chi connectivity index (χ2v) is 6.41. The minimum atomic E-state index is -2.57. The van der Waals surface area contributed by atoms with Gasteiger partial charge in [0.15, 0.2) is 0 Å². The van der Waals surface area contributed by atoms with Gasteiger partial charge in [-0.25, -0.2) is 8.78 Å². The first-order chi connectivity index (χ1) is 8.52. The van der Waals surface area contributed by atoms with Crippen LogP contribution in [0.5, 0.6) is 0 Å². The van der Waals surface area contributed by atoms with E-state index in [4.69, 9.17) is 0 Å². The number of hydrogen-bond donors (Lipinski definition) is 1. The molecule has 0 radical (unpaired) electrons. The Labute approximate surface area is 107 Å². The molecule has 3 rings (SSSR count). The lowest BCUT2D eigenvalue weighted by Crippen LogP contribution is -2.43. The molecule has 1 amide bonds. The molecule has 0 aliphatic heterocycles. The van der Waals surface area contributed by atoms with E-state index in [1.165, 1.54) is 32.1 Å². The molecule has 0 spiro atoms. The molecular weight excluding hydrogens is 236 g/mol. The molecule has 4 heteroatoms. The fraction of sp³-hybridized carbons (Fsp3) is 0.929. The van der Waals surface area contributed by atoms with E-state index in [0.29, 0.717) is 5.92 Å². The lowest BCUT2D eigenvalue weighted by Gasteiger charge is -2.31. The first kappa shape index (κ1) is 12.4. The second kappa shape index (κ2) is 4.17. The van der Waals surface area contributed by atoms with Gasteiger partial charge in [-0.2, -0.15) is 0 Å². The van der Waals surface area contributed by atoms with Crippen LogP contribution < -0.4 is 5.32 Å². The molecule has 0 heterocycles. The maximum atomic E-state index is 12.8. The molecule has 3 fully saturated rings. The monoisotopic (exact) mass is 257 g/mol. The van der Waals surface area contributed by atoms with E-state index in [-0.39, 0.29) is 24.3 Å². The number of rotatable bonds is 4. The summed E-state index contributed by atoms with van der Waals surface area (Å²) in [4.78, 5) is 11.8. The van der Waals surface area contributed by atoms with E-state index in [2.05, 4.69) is 5.32 Å². The van der Waals surface area contributed by atoms with Crippen molar-refractivity contribution in [2.45, 2.75) is 69.2 Å². The standard InChI is InChI=1S/C14H21F2NO/c15-14(16)9-11(14)8-12(18)17-13(6-7-13)10-4-2-1-3-5-10/h10-11H,1-9H2,(H,17,18)/t11-/m1/s1. The van der Waals surface area contributed by atoms with Crippen molar-refractivity contribution >= 4 is 5.91 Å². The number of carbonyl (C=O) groups excluding carboxylic acids is 1. The van der Waals surface area contributed by atoms with Crippen molar-refractivity contribution in [1.29, 1.82) is 0 Å². The van der Waals surface area contributed by atoms with Crippen LogP contribution in [-0.2, 0) is 4.79 Å². The molecule has 1 N–H and O–H groups in total. The molecule has 1 atom stereocenters. The van der Waals surface area contributed by atoms with E-state index >= 15 is 0 Å². The Balaban J connectivity index is 1.51. The van der Waals surface area contributed by atoms with Crippen LogP contribution in [0.3, 0.4) is 0 Å². The maximum absolute atomic E-state index is 12.8. The summed E-state index contributed by atoms with van der Waals surface area (Å²) >= 11 is 0. The van der Waals surface area contributed by atoms with Gasteiger partial charge in [0.05, 0.1) is 0 Å². The van der Waals surface area contributed by atoms with Gasteiger partial charge in [-0.05, 0) is 31.6 Å². The number of nitrogens with one attached hydrogen (secondary N) is 1. The maximum Gasteiger partial charge on any atom is 0.252 e. The van der Waals surface area contributed by atoms with Crippen LogP contribution in [0.25, 0.3) is 0 Å². The van der Waals surface area contributed by atoms with Crippen molar-refractivity contribution in [2.75, 3.05) is 0 Å². The fourth-order valence-electron chi connectivity index (χ4n) is 3.47. The molecule has 102 valence electrons. The Hall–Kier alpha value is -0.670. The number of carbonyl (C=O) groups is 1. The summed E-state index contributed by atoms with van der Waals surface area (Å²) in [5.74, 6) is -2.83. The van der Waals surface area contributed by atoms with Crippen LogP contribution in [-0.4, -0.2) is 17.4 Å². The quantitative estimate of drug-likeness (QED) is 0.823. The topological polar surface area (TPSA) is 29.1 Å². The van der Waals surface area contributed by atoms with Crippen LogP contribution in [0.2, 0.25) is 0 Å². The second-order valence-electron chi connectivity index (χ2n) is 6.41. The zero-order valence-electron chi connectivity index (χ0n) is 10.7. The molecule has 0 aromatic heterocycles. The number of hydrogen-bond acceptors (Lipinski definition) is 1. The first-order valence-corrected chi connectivity index (χ1v) is 7.21. The average molecular weight is 257 g/mol. The summed E-state index contributed by atoms with van der Waals surface area (Å²) in [6.45, 7) is 0. The molecule has 3 saturated carbocycles. The summed E-state index contributed by atoms with van der Waals surface area (Å²) in [5, 5.41) is 3.07. The minimum absolute atomic E-state index is 0.0122. The van der Waals surface area contributed by atoms with Crippen LogP contribution in [0.4, 0.5) is 8.78 Å². The van der Waals surface area contributed by atoms with Gasteiger partial charge >= 0.3 is 0 Å². The van der Waals surface area contributed by atoms with E-state index in [1.54, 1.807) is 0 Å². The van der Waals surface area contributed by atoms with Crippen LogP contribution in [0.1, 0.15) is 57.8 Å². The Morgan fingerprint density at radius 2 is 1.78 bits per heavy atom. The van der Waals surface area contributed by atoms with Crippen LogP contribution in [0.15, 0.2) is 0 Å². The van der Waals surface area contributed by atoms with E-state index < -0.39 is 11.8 Å². The summed E-state index contributed by atoms with van der Waals surface area (Å²) in [5.41, 5.74) is -0.0122. The molecule has 0 saturated heterocycles. The number of halogens is 2. The highest BCUT2D eigenvalue weighted by atomic mass is 19.3. The minimum Gasteiger partial charge on any atom is -0.350 e. The predicted molar refractivity (Wildman–Crippen MR) is 64.4 cm³/mol. The molecule has 18 heavy (non-hydrogen) atoms. The largest absolute Gasteiger partial charge is 0.350 e. The van der Waals surface area contributed by atoms with Gasteiger partial charge in [0, 0.05) is 24.3 Å². The molecule has 3 aliphatic rings. The number of alkyl halides is 2. The Bertz CT molecular complexity index is 346. The highest BCUT2D eigenvalue weighted by Crippen LogP contribution is 2.52. The van der Waals surface area contributed by atoms with Crippen molar-refractivity contribution in [3.63, 3.8) is 0 Å². The first-order valence-electron chi connectivity index (χ1n) is 7.21. The smallest absolute Gasteiger partial charge is 0.252 e. The van der Waals surface area contributed by atoms with Crippen molar-refractivity contribution < 1.29 is 13.6 Å². The van der Waals surface area contributed by atoms with Gasteiger partial charge in [-0.15, -0.1) is 0 Å². The molecule has 0 bridgehead atoms. The average Bonchev–Trinajstić information content (AvgIpc) is 3.21. The predicted octanol–water partition coefficient (Wildman–Crippen LogP) is 3.26. The van der Waals surface area contributed by atoms with Crippen molar-refractivity contribution in [3.8, 4) is 0 Å². The van der Waals surface area contributed by atoms with Gasteiger partial charge in [0.1, 0.15) is 0 Å². The molecule has 0 unspecified atom stereocenters. The lowest BCUT2D eigenvalue weighted by molar-refractivity contribution is -0.123. The summed E-state index contributed by atoms with van der Waals surface area (Å²) < 4.78 is 25.6. The van der Waals surface area contributed by atoms with E-state index in [1.807, 2.05) is 0 Å². The summed E-state index contributed by atoms with van der Waals surface area (Å²) in [6, 6.07) is 0. The van der Waals surface area contributed by atoms with Gasteiger partial charge in [-0.1, -0.05) is 19.3 Å². The summed E-state index contributed by atoms with van der Waals surface area (Å²) in [7, 11) is 0. The van der Waals surface area contributed by atoms with Crippen molar-refractivity contribution in [3.05, 3.63) is 0 Å². The van der Waals surface area contributed by atoms with Crippen molar-refractivity contribution in [1.82, 2.24) is 5.32 Å². The van der Waals surface area contributed by atoms with Crippen LogP contribution >= 0.6 is 0 Å². The van der Waals surface area contributed by atoms with Gasteiger partial charge < -0.3 is 5.32 Å². The fourth-order valence-corrected chi connectivity index (χ4v) is 3.47. The Morgan fingerprint density at radius 1 is 1.17 bits per heavy atom. The zero-order valence-corrected chi connectivity index (χ0v) is 10.7. The molecule has 0 aromatic carbocycles. The third kappa shape index (κ3) is 2.39. The van der Waals surface area contributed by atoms with Crippen LogP contribution in [0, 0.1) is 11.8 Å².